The number of piperidine rings is 1. The van der Waals surface area contributed by atoms with Gasteiger partial charge in [0.1, 0.15) is 0 Å². The highest BCUT2D eigenvalue weighted by molar-refractivity contribution is 5.46. The van der Waals surface area contributed by atoms with Crippen molar-refractivity contribution >= 4 is 0 Å². The Balaban J connectivity index is 1.90. The van der Waals surface area contributed by atoms with Crippen LogP contribution in [0.15, 0.2) is 29.8 Å². The molecule has 1 aromatic carbocycles. The molecule has 124 valence electrons. The van der Waals surface area contributed by atoms with Crippen LogP contribution in [0.3, 0.4) is 0 Å². The molecule has 1 unspecified atom stereocenters. The number of nitriles is 1. The molecule has 0 aromatic heterocycles. The van der Waals surface area contributed by atoms with Crippen LogP contribution >= 0.6 is 0 Å². The van der Waals surface area contributed by atoms with E-state index in [0.717, 1.165) is 13.1 Å². The molecule has 4 nitrogen and oxygen atoms in total. The summed E-state index contributed by atoms with van der Waals surface area (Å²) < 4.78 is 11.3. The minimum absolute atomic E-state index is 0.537. The summed E-state index contributed by atoms with van der Waals surface area (Å²) in [5.74, 6) is 1.88. The third kappa shape index (κ3) is 5.30. The standard InChI is InChI=1S/C19H26N2O2/c1-15(2)8-10-21-9-4-5-17(13-21)14-23-18-7-6-16(12-20)11-19(18)22-3/h6-8,11,17H,4-5,9-10,13-14H2,1-3H3. The van der Waals surface area contributed by atoms with Gasteiger partial charge < -0.3 is 9.47 Å². The van der Waals surface area contributed by atoms with Crippen molar-refractivity contribution in [3.63, 3.8) is 0 Å². The average molecular weight is 314 g/mol. The Bertz CT molecular complexity index is 586. The van der Waals surface area contributed by atoms with E-state index in [0.29, 0.717) is 29.6 Å². The molecule has 0 amide bonds. The lowest BCUT2D eigenvalue weighted by Crippen LogP contribution is -2.37. The Hall–Kier alpha value is -1.99. The fourth-order valence-electron chi connectivity index (χ4n) is 2.83. The molecule has 0 radical (unpaired) electrons. The minimum atomic E-state index is 0.537. The van der Waals surface area contributed by atoms with Crippen molar-refractivity contribution in [2.75, 3.05) is 33.4 Å². The largest absolute Gasteiger partial charge is 0.493 e. The smallest absolute Gasteiger partial charge is 0.162 e. The number of rotatable bonds is 6. The summed E-state index contributed by atoms with van der Waals surface area (Å²) >= 11 is 0. The predicted octanol–water partition coefficient (Wildman–Crippen LogP) is 3.62. The highest BCUT2D eigenvalue weighted by atomic mass is 16.5. The second-order valence-electron chi connectivity index (χ2n) is 6.34. The molecule has 4 heteroatoms. The van der Waals surface area contributed by atoms with Crippen LogP contribution in [0.2, 0.25) is 0 Å². The van der Waals surface area contributed by atoms with Gasteiger partial charge in [-0.05, 0) is 45.4 Å². The number of ether oxygens (including phenoxy) is 2. The van der Waals surface area contributed by atoms with Gasteiger partial charge in [-0.3, -0.25) is 4.90 Å². The van der Waals surface area contributed by atoms with Gasteiger partial charge in [0.2, 0.25) is 0 Å². The van der Waals surface area contributed by atoms with E-state index in [2.05, 4.69) is 30.9 Å². The van der Waals surface area contributed by atoms with Gasteiger partial charge in [-0.25, -0.2) is 0 Å². The van der Waals surface area contributed by atoms with Gasteiger partial charge in [0.05, 0.1) is 25.3 Å². The molecule has 1 fully saturated rings. The fourth-order valence-corrected chi connectivity index (χ4v) is 2.83. The number of benzene rings is 1. The first kappa shape index (κ1) is 17.4. The maximum atomic E-state index is 8.94. The maximum absolute atomic E-state index is 8.94. The predicted molar refractivity (Wildman–Crippen MR) is 91.8 cm³/mol. The molecule has 0 aliphatic carbocycles. The second-order valence-corrected chi connectivity index (χ2v) is 6.34. The summed E-state index contributed by atoms with van der Waals surface area (Å²) in [5.41, 5.74) is 1.95. The lowest BCUT2D eigenvalue weighted by Gasteiger charge is -2.32. The Morgan fingerprint density at radius 3 is 2.91 bits per heavy atom. The van der Waals surface area contributed by atoms with Crippen molar-refractivity contribution in [1.82, 2.24) is 4.90 Å². The van der Waals surface area contributed by atoms with Crippen molar-refractivity contribution < 1.29 is 9.47 Å². The molecule has 0 N–H and O–H groups in total. The lowest BCUT2D eigenvalue weighted by atomic mass is 9.99. The molecule has 2 rings (SSSR count). The van der Waals surface area contributed by atoms with E-state index in [1.165, 1.54) is 25.0 Å². The van der Waals surface area contributed by atoms with Gasteiger partial charge in [-0.1, -0.05) is 11.6 Å². The quantitative estimate of drug-likeness (QED) is 0.752. The molecule has 0 saturated carbocycles. The molecule has 1 aliphatic heterocycles. The Kier molecular flexibility index (Phi) is 6.49. The molecule has 23 heavy (non-hydrogen) atoms. The summed E-state index contributed by atoms with van der Waals surface area (Å²) in [6.45, 7) is 8.23. The van der Waals surface area contributed by atoms with E-state index in [1.54, 1.807) is 19.2 Å². The molecule has 1 atom stereocenters. The number of allylic oxidation sites excluding steroid dienone is 1. The third-order valence-electron chi connectivity index (χ3n) is 4.13. The van der Waals surface area contributed by atoms with Crippen molar-refractivity contribution in [2.24, 2.45) is 5.92 Å². The number of nitrogens with zero attached hydrogens (tertiary/aromatic N) is 2. The summed E-state index contributed by atoms with van der Waals surface area (Å²) in [6, 6.07) is 7.42. The maximum Gasteiger partial charge on any atom is 0.162 e. The zero-order valence-corrected chi connectivity index (χ0v) is 14.3. The summed E-state index contributed by atoms with van der Waals surface area (Å²) in [7, 11) is 1.60. The van der Waals surface area contributed by atoms with Crippen molar-refractivity contribution in [2.45, 2.75) is 26.7 Å². The molecule has 1 saturated heterocycles. The Morgan fingerprint density at radius 1 is 1.39 bits per heavy atom. The van der Waals surface area contributed by atoms with Gasteiger partial charge >= 0.3 is 0 Å². The first-order valence-electron chi connectivity index (χ1n) is 8.19. The number of hydrogen-bond acceptors (Lipinski definition) is 4. The Morgan fingerprint density at radius 2 is 2.22 bits per heavy atom. The summed E-state index contributed by atoms with van der Waals surface area (Å²) in [4.78, 5) is 2.49. The van der Waals surface area contributed by atoms with Crippen LogP contribution in [0.4, 0.5) is 0 Å². The molecule has 0 bridgehead atoms. The third-order valence-corrected chi connectivity index (χ3v) is 4.13. The summed E-state index contributed by atoms with van der Waals surface area (Å²) in [5, 5.41) is 8.94. The van der Waals surface area contributed by atoms with Gasteiger partial charge in [0, 0.05) is 25.1 Å². The van der Waals surface area contributed by atoms with Crippen LogP contribution in [-0.4, -0.2) is 38.3 Å². The number of likely N-dealkylation sites (tertiary alicyclic amines) is 1. The van der Waals surface area contributed by atoms with Gasteiger partial charge in [0.25, 0.3) is 0 Å². The normalized spacial score (nSPS) is 18.1. The number of methoxy groups -OCH3 is 1. The SMILES string of the molecule is COc1cc(C#N)ccc1OCC1CCCN(CC=C(C)C)C1. The topological polar surface area (TPSA) is 45.5 Å². The van der Waals surface area contributed by atoms with Crippen LogP contribution in [0.25, 0.3) is 0 Å². The van der Waals surface area contributed by atoms with Gasteiger partial charge in [-0.2, -0.15) is 5.26 Å². The second kappa shape index (κ2) is 8.59. The zero-order chi connectivity index (χ0) is 16.7. The molecular formula is C19H26N2O2. The first-order valence-corrected chi connectivity index (χ1v) is 8.19. The molecular weight excluding hydrogens is 288 g/mol. The number of hydrogen-bond donors (Lipinski definition) is 0. The van der Waals surface area contributed by atoms with Crippen molar-refractivity contribution in [3.8, 4) is 17.6 Å². The fraction of sp³-hybridized carbons (Fsp3) is 0.526. The minimum Gasteiger partial charge on any atom is -0.493 e. The van der Waals surface area contributed by atoms with Crippen molar-refractivity contribution in [3.05, 3.63) is 35.4 Å². The van der Waals surface area contributed by atoms with Gasteiger partial charge in [-0.15, -0.1) is 0 Å². The van der Waals surface area contributed by atoms with E-state index >= 15 is 0 Å². The monoisotopic (exact) mass is 314 g/mol. The van der Waals surface area contributed by atoms with E-state index in [-0.39, 0.29) is 0 Å². The van der Waals surface area contributed by atoms with E-state index < -0.39 is 0 Å². The van der Waals surface area contributed by atoms with E-state index in [1.807, 2.05) is 6.07 Å². The lowest BCUT2D eigenvalue weighted by molar-refractivity contribution is 0.137. The molecule has 0 spiro atoms. The average Bonchev–Trinajstić information content (AvgIpc) is 2.58. The van der Waals surface area contributed by atoms with E-state index in [9.17, 15) is 0 Å². The highest BCUT2D eigenvalue weighted by Crippen LogP contribution is 2.29. The van der Waals surface area contributed by atoms with Gasteiger partial charge in [0.15, 0.2) is 11.5 Å². The van der Waals surface area contributed by atoms with Crippen LogP contribution in [0.5, 0.6) is 11.5 Å². The molecule has 1 aliphatic rings. The van der Waals surface area contributed by atoms with Crippen molar-refractivity contribution in [1.29, 1.82) is 5.26 Å². The molecule has 1 heterocycles. The van der Waals surface area contributed by atoms with E-state index in [4.69, 9.17) is 14.7 Å². The zero-order valence-electron chi connectivity index (χ0n) is 14.3. The summed E-state index contributed by atoms with van der Waals surface area (Å²) in [6.07, 6.45) is 4.70. The van der Waals surface area contributed by atoms with Crippen LogP contribution in [0, 0.1) is 17.2 Å². The van der Waals surface area contributed by atoms with Crippen LogP contribution in [0.1, 0.15) is 32.3 Å². The Labute approximate surface area is 139 Å². The molecule has 1 aromatic rings. The first-order chi connectivity index (χ1) is 11.1. The van der Waals surface area contributed by atoms with Crippen LogP contribution in [-0.2, 0) is 0 Å². The van der Waals surface area contributed by atoms with Crippen LogP contribution < -0.4 is 9.47 Å². The highest BCUT2D eigenvalue weighted by Gasteiger charge is 2.20.